The van der Waals surface area contributed by atoms with Gasteiger partial charge in [0.25, 0.3) is 5.91 Å². The standard InChI is InChI=1S/C24H25N5O2/c1-17(30)25-20-11-7-19(8-12-20)24(31)26-21-9-5-18(6-10-21)22-13-14-23(28-27-22)29-15-3-2-4-16-29/h5-14H,2-4,15-16H2,1H3,(H,25,30)(H,26,31). The van der Waals surface area contributed by atoms with Crippen LogP contribution >= 0.6 is 0 Å². The fraction of sp³-hybridized carbons (Fsp3) is 0.250. The first-order valence-electron chi connectivity index (χ1n) is 10.5. The maximum atomic E-state index is 12.5. The molecule has 0 radical (unpaired) electrons. The highest BCUT2D eigenvalue weighted by molar-refractivity contribution is 6.04. The highest BCUT2D eigenvalue weighted by Crippen LogP contribution is 2.22. The summed E-state index contributed by atoms with van der Waals surface area (Å²) in [6, 6.07) is 18.3. The molecule has 7 nitrogen and oxygen atoms in total. The predicted octanol–water partition coefficient (Wildman–Crippen LogP) is 4.34. The molecule has 4 rings (SSSR count). The molecular weight excluding hydrogens is 390 g/mol. The summed E-state index contributed by atoms with van der Waals surface area (Å²) in [6.45, 7) is 3.52. The second kappa shape index (κ2) is 9.38. The van der Waals surface area contributed by atoms with E-state index in [-0.39, 0.29) is 11.8 Å². The number of amides is 2. The Morgan fingerprint density at radius 3 is 2.03 bits per heavy atom. The van der Waals surface area contributed by atoms with E-state index in [2.05, 4.69) is 25.7 Å². The van der Waals surface area contributed by atoms with E-state index in [0.717, 1.165) is 30.2 Å². The van der Waals surface area contributed by atoms with Crippen LogP contribution in [0.4, 0.5) is 17.2 Å². The highest BCUT2D eigenvalue weighted by atomic mass is 16.2. The molecule has 31 heavy (non-hydrogen) atoms. The summed E-state index contributed by atoms with van der Waals surface area (Å²) in [7, 11) is 0. The molecule has 2 amide bonds. The molecule has 2 heterocycles. The second-order valence-electron chi connectivity index (χ2n) is 7.61. The third kappa shape index (κ3) is 5.25. The van der Waals surface area contributed by atoms with Gasteiger partial charge in [0.15, 0.2) is 5.82 Å². The summed E-state index contributed by atoms with van der Waals surface area (Å²) < 4.78 is 0. The third-order valence-electron chi connectivity index (χ3n) is 5.24. The minimum Gasteiger partial charge on any atom is -0.355 e. The zero-order chi connectivity index (χ0) is 21.6. The van der Waals surface area contributed by atoms with Crippen molar-refractivity contribution in [1.82, 2.24) is 10.2 Å². The normalized spacial score (nSPS) is 13.5. The summed E-state index contributed by atoms with van der Waals surface area (Å²) in [4.78, 5) is 25.8. The Kier molecular flexibility index (Phi) is 6.21. The number of hydrogen-bond acceptors (Lipinski definition) is 5. The van der Waals surface area contributed by atoms with Crippen molar-refractivity contribution in [2.24, 2.45) is 0 Å². The van der Waals surface area contributed by atoms with Crippen molar-refractivity contribution in [3.63, 3.8) is 0 Å². The summed E-state index contributed by atoms with van der Waals surface area (Å²) in [5.41, 5.74) is 3.60. The van der Waals surface area contributed by atoms with Crippen LogP contribution in [0.2, 0.25) is 0 Å². The summed E-state index contributed by atoms with van der Waals surface area (Å²) in [6.07, 6.45) is 3.69. The quantitative estimate of drug-likeness (QED) is 0.647. The molecule has 1 saturated heterocycles. The van der Waals surface area contributed by atoms with Crippen LogP contribution in [0.5, 0.6) is 0 Å². The van der Waals surface area contributed by atoms with Crippen LogP contribution in [0.3, 0.4) is 0 Å². The first-order valence-corrected chi connectivity index (χ1v) is 10.5. The molecule has 3 aromatic rings. The van der Waals surface area contributed by atoms with Gasteiger partial charge in [0, 0.05) is 42.5 Å². The van der Waals surface area contributed by atoms with E-state index in [9.17, 15) is 9.59 Å². The molecule has 1 aliphatic heterocycles. The van der Waals surface area contributed by atoms with Crippen molar-refractivity contribution in [3.05, 3.63) is 66.2 Å². The van der Waals surface area contributed by atoms with E-state index in [1.54, 1.807) is 24.3 Å². The van der Waals surface area contributed by atoms with Crippen LogP contribution in [-0.4, -0.2) is 35.1 Å². The lowest BCUT2D eigenvalue weighted by atomic mass is 10.1. The van der Waals surface area contributed by atoms with Gasteiger partial charge in [-0.1, -0.05) is 12.1 Å². The van der Waals surface area contributed by atoms with Gasteiger partial charge in [-0.3, -0.25) is 9.59 Å². The molecule has 0 saturated carbocycles. The fourth-order valence-corrected chi connectivity index (χ4v) is 3.61. The Morgan fingerprint density at radius 2 is 1.42 bits per heavy atom. The molecule has 0 atom stereocenters. The van der Waals surface area contributed by atoms with Gasteiger partial charge in [-0.15, -0.1) is 10.2 Å². The summed E-state index contributed by atoms with van der Waals surface area (Å²) in [5, 5.41) is 14.3. The van der Waals surface area contributed by atoms with Crippen LogP contribution in [0.1, 0.15) is 36.5 Å². The number of benzene rings is 2. The van der Waals surface area contributed by atoms with Crippen LogP contribution in [0.15, 0.2) is 60.7 Å². The van der Waals surface area contributed by atoms with Crippen molar-refractivity contribution in [3.8, 4) is 11.3 Å². The molecule has 0 spiro atoms. The smallest absolute Gasteiger partial charge is 0.255 e. The topological polar surface area (TPSA) is 87.2 Å². The van der Waals surface area contributed by atoms with Crippen LogP contribution in [0.25, 0.3) is 11.3 Å². The van der Waals surface area contributed by atoms with Gasteiger partial charge in [-0.2, -0.15) is 0 Å². The van der Waals surface area contributed by atoms with Gasteiger partial charge in [0.2, 0.25) is 5.91 Å². The summed E-state index contributed by atoms with van der Waals surface area (Å²) in [5.74, 6) is 0.563. The van der Waals surface area contributed by atoms with Crippen molar-refractivity contribution in [1.29, 1.82) is 0 Å². The average Bonchev–Trinajstić information content (AvgIpc) is 2.80. The van der Waals surface area contributed by atoms with Crippen LogP contribution < -0.4 is 15.5 Å². The molecule has 1 aromatic heterocycles. The van der Waals surface area contributed by atoms with Gasteiger partial charge < -0.3 is 15.5 Å². The van der Waals surface area contributed by atoms with E-state index in [4.69, 9.17) is 0 Å². The Labute approximate surface area is 181 Å². The van der Waals surface area contributed by atoms with E-state index in [1.165, 1.54) is 26.2 Å². The summed E-state index contributed by atoms with van der Waals surface area (Å²) >= 11 is 0. The van der Waals surface area contributed by atoms with Crippen LogP contribution in [-0.2, 0) is 4.79 Å². The van der Waals surface area contributed by atoms with E-state index in [1.807, 2.05) is 36.4 Å². The number of rotatable bonds is 5. The van der Waals surface area contributed by atoms with Gasteiger partial charge in [-0.05, 0) is 67.8 Å². The first kappa shape index (κ1) is 20.5. The van der Waals surface area contributed by atoms with Gasteiger partial charge in [-0.25, -0.2) is 0 Å². The van der Waals surface area contributed by atoms with E-state index >= 15 is 0 Å². The van der Waals surface area contributed by atoms with Crippen molar-refractivity contribution in [2.75, 3.05) is 28.6 Å². The van der Waals surface area contributed by atoms with E-state index in [0.29, 0.717) is 16.9 Å². The number of hydrogen-bond donors (Lipinski definition) is 2. The Bertz CT molecular complexity index is 1040. The molecule has 7 heteroatoms. The maximum Gasteiger partial charge on any atom is 0.255 e. The lowest BCUT2D eigenvalue weighted by molar-refractivity contribution is -0.114. The molecule has 1 fully saturated rings. The minimum absolute atomic E-state index is 0.150. The number of carbonyl (C=O) groups excluding carboxylic acids is 2. The zero-order valence-corrected chi connectivity index (χ0v) is 17.5. The monoisotopic (exact) mass is 415 g/mol. The SMILES string of the molecule is CC(=O)Nc1ccc(C(=O)Nc2ccc(-c3ccc(N4CCCCC4)nn3)cc2)cc1. The Hall–Kier alpha value is -3.74. The Morgan fingerprint density at radius 1 is 0.774 bits per heavy atom. The molecule has 158 valence electrons. The largest absolute Gasteiger partial charge is 0.355 e. The Balaban J connectivity index is 1.38. The highest BCUT2D eigenvalue weighted by Gasteiger charge is 2.13. The predicted molar refractivity (Wildman–Crippen MR) is 122 cm³/mol. The van der Waals surface area contributed by atoms with Crippen molar-refractivity contribution < 1.29 is 9.59 Å². The number of nitrogens with zero attached hydrogens (tertiary/aromatic N) is 3. The second-order valence-corrected chi connectivity index (χ2v) is 7.61. The fourth-order valence-electron chi connectivity index (χ4n) is 3.61. The van der Waals surface area contributed by atoms with Gasteiger partial charge >= 0.3 is 0 Å². The molecule has 0 unspecified atom stereocenters. The minimum atomic E-state index is -0.215. The molecule has 2 N–H and O–H groups in total. The van der Waals surface area contributed by atoms with E-state index < -0.39 is 0 Å². The maximum absolute atomic E-state index is 12.5. The number of aromatic nitrogens is 2. The lowest BCUT2D eigenvalue weighted by Crippen LogP contribution is -2.30. The van der Waals surface area contributed by atoms with Crippen molar-refractivity contribution in [2.45, 2.75) is 26.2 Å². The molecule has 0 aliphatic carbocycles. The number of nitrogens with one attached hydrogen (secondary N) is 2. The van der Waals surface area contributed by atoms with Gasteiger partial charge in [0.1, 0.15) is 0 Å². The van der Waals surface area contributed by atoms with Crippen LogP contribution in [0, 0.1) is 0 Å². The number of anilines is 3. The zero-order valence-electron chi connectivity index (χ0n) is 17.5. The molecule has 0 bridgehead atoms. The average molecular weight is 415 g/mol. The third-order valence-corrected chi connectivity index (χ3v) is 5.24. The number of piperidine rings is 1. The first-order chi connectivity index (χ1) is 15.1. The lowest BCUT2D eigenvalue weighted by Gasteiger charge is -2.27. The van der Waals surface area contributed by atoms with Gasteiger partial charge in [0.05, 0.1) is 5.69 Å². The molecule has 1 aliphatic rings. The molecular formula is C24H25N5O2. The van der Waals surface area contributed by atoms with Crippen molar-refractivity contribution >= 4 is 29.0 Å². The number of carbonyl (C=O) groups is 2. The molecule has 2 aromatic carbocycles.